The number of β-amino-alcohol motifs (C(OH)–C–C–N with tert-alkyl or cyclic N) is 1. The SMILES string of the molecule is C/C=C\c1[nH]cc(C2CCN(CC(O)C3CCNCC3)CC2)c1/C=C\C. The molecule has 0 bridgehead atoms. The van der Waals surface area contributed by atoms with Gasteiger partial charge in [-0.3, -0.25) is 0 Å². The van der Waals surface area contributed by atoms with Crippen molar-refractivity contribution in [1.82, 2.24) is 15.2 Å². The molecule has 0 amide bonds. The van der Waals surface area contributed by atoms with Gasteiger partial charge in [-0.15, -0.1) is 0 Å². The second kappa shape index (κ2) is 9.54. The maximum absolute atomic E-state index is 10.6. The summed E-state index contributed by atoms with van der Waals surface area (Å²) >= 11 is 0. The smallest absolute Gasteiger partial charge is 0.0696 e. The number of H-pyrrole nitrogens is 1. The van der Waals surface area contributed by atoms with E-state index in [2.05, 4.69) is 59.5 Å². The fourth-order valence-electron chi connectivity index (χ4n) is 4.53. The van der Waals surface area contributed by atoms with E-state index in [1.807, 2.05) is 0 Å². The Kier molecular flexibility index (Phi) is 7.12. The van der Waals surface area contributed by atoms with Crippen molar-refractivity contribution >= 4 is 12.2 Å². The molecule has 0 aliphatic carbocycles. The van der Waals surface area contributed by atoms with Gasteiger partial charge in [-0.2, -0.15) is 0 Å². The monoisotopic (exact) mass is 357 g/mol. The van der Waals surface area contributed by atoms with Gasteiger partial charge in [-0.1, -0.05) is 18.2 Å². The van der Waals surface area contributed by atoms with Crippen LogP contribution in [0.25, 0.3) is 12.2 Å². The summed E-state index contributed by atoms with van der Waals surface area (Å²) in [7, 11) is 0. The summed E-state index contributed by atoms with van der Waals surface area (Å²) in [4.78, 5) is 5.92. The Morgan fingerprint density at radius 1 is 1.12 bits per heavy atom. The van der Waals surface area contributed by atoms with E-state index in [9.17, 15) is 5.11 Å². The van der Waals surface area contributed by atoms with Crippen LogP contribution in [0.1, 0.15) is 62.3 Å². The number of aliphatic hydroxyl groups excluding tert-OH is 1. The third-order valence-corrected chi connectivity index (χ3v) is 6.05. The molecular weight excluding hydrogens is 322 g/mol. The number of nitrogens with zero attached hydrogens (tertiary/aromatic N) is 1. The summed E-state index contributed by atoms with van der Waals surface area (Å²) < 4.78 is 0. The summed E-state index contributed by atoms with van der Waals surface area (Å²) in [6.07, 6.45) is 15.2. The van der Waals surface area contributed by atoms with E-state index in [0.717, 1.165) is 45.6 Å². The fourth-order valence-corrected chi connectivity index (χ4v) is 4.53. The number of rotatable bonds is 6. The van der Waals surface area contributed by atoms with Crippen LogP contribution < -0.4 is 5.32 Å². The van der Waals surface area contributed by atoms with Gasteiger partial charge in [0.15, 0.2) is 0 Å². The first kappa shape index (κ1) is 19.4. The molecular formula is C22H35N3O. The van der Waals surface area contributed by atoms with E-state index in [4.69, 9.17) is 0 Å². The van der Waals surface area contributed by atoms with Gasteiger partial charge in [0.1, 0.15) is 0 Å². The molecule has 3 N–H and O–H groups in total. The van der Waals surface area contributed by atoms with Crippen molar-refractivity contribution < 1.29 is 5.11 Å². The number of nitrogens with one attached hydrogen (secondary N) is 2. The number of aromatic amines is 1. The highest BCUT2D eigenvalue weighted by molar-refractivity contribution is 5.66. The molecule has 0 radical (unpaired) electrons. The second-order valence-electron chi connectivity index (χ2n) is 7.80. The van der Waals surface area contributed by atoms with Crippen LogP contribution in [-0.4, -0.2) is 53.8 Å². The zero-order valence-electron chi connectivity index (χ0n) is 16.4. The zero-order chi connectivity index (χ0) is 18.4. The Balaban J connectivity index is 1.56. The predicted molar refractivity (Wildman–Crippen MR) is 110 cm³/mol. The van der Waals surface area contributed by atoms with Crippen LogP contribution >= 0.6 is 0 Å². The molecule has 2 saturated heterocycles. The Morgan fingerprint density at radius 2 is 1.81 bits per heavy atom. The lowest BCUT2D eigenvalue weighted by molar-refractivity contribution is 0.0426. The van der Waals surface area contributed by atoms with Crippen LogP contribution in [0.15, 0.2) is 18.3 Å². The lowest BCUT2D eigenvalue weighted by atomic mass is 9.87. The molecule has 2 aliphatic rings. The fraction of sp³-hybridized carbons (Fsp3) is 0.636. The van der Waals surface area contributed by atoms with Gasteiger partial charge in [0.05, 0.1) is 6.10 Å². The molecule has 3 rings (SSSR count). The zero-order valence-corrected chi connectivity index (χ0v) is 16.4. The number of piperidine rings is 2. The van der Waals surface area contributed by atoms with Crippen LogP contribution in [0.2, 0.25) is 0 Å². The van der Waals surface area contributed by atoms with Crippen LogP contribution in [0, 0.1) is 5.92 Å². The first-order chi connectivity index (χ1) is 12.7. The van der Waals surface area contributed by atoms with Crippen LogP contribution in [0.5, 0.6) is 0 Å². The summed E-state index contributed by atoms with van der Waals surface area (Å²) in [5.41, 5.74) is 4.01. The van der Waals surface area contributed by atoms with Crippen molar-refractivity contribution in [3.63, 3.8) is 0 Å². The minimum absolute atomic E-state index is 0.166. The molecule has 3 heterocycles. The third kappa shape index (κ3) is 4.67. The van der Waals surface area contributed by atoms with E-state index >= 15 is 0 Å². The Bertz CT molecular complexity index is 605. The highest BCUT2D eigenvalue weighted by atomic mass is 16.3. The van der Waals surface area contributed by atoms with E-state index < -0.39 is 0 Å². The van der Waals surface area contributed by atoms with Crippen molar-refractivity contribution in [1.29, 1.82) is 0 Å². The summed E-state index contributed by atoms with van der Waals surface area (Å²) in [6.45, 7) is 9.28. The lowest BCUT2D eigenvalue weighted by Gasteiger charge is -2.36. The molecule has 26 heavy (non-hydrogen) atoms. The van der Waals surface area contributed by atoms with E-state index in [1.54, 1.807) is 0 Å². The molecule has 2 fully saturated rings. The number of hydrogen-bond donors (Lipinski definition) is 3. The largest absolute Gasteiger partial charge is 0.392 e. The average molecular weight is 358 g/mol. The molecule has 2 aliphatic heterocycles. The van der Waals surface area contributed by atoms with Crippen molar-refractivity contribution in [2.75, 3.05) is 32.7 Å². The van der Waals surface area contributed by atoms with E-state index in [-0.39, 0.29) is 6.10 Å². The summed E-state index contributed by atoms with van der Waals surface area (Å²) in [5.74, 6) is 1.09. The minimum atomic E-state index is -0.166. The quantitative estimate of drug-likeness (QED) is 0.729. The van der Waals surface area contributed by atoms with Crippen LogP contribution in [0.3, 0.4) is 0 Å². The van der Waals surface area contributed by atoms with E-state index in [0.29, 0.717) is 11.8 Å². The maximum Gasteiger partial charge on any atom is 0.0696 e. The van der Waals surface area contributed by atoms with Crippen molar-refractivity contribution in [2.45, 2.75) is 51.6 Å². The third-order valence-electron chi connectivity index (χ3n) is 6.05. The number of hydrogen-bond acceptors (Lipinski definition) is 3. The first-order valence-electron chi connectivity index (χ1n) is 10.3. The second-order valence-corrected chi connectivity index (χ2v) is 7.80. The van der Waals surface area contributed by atoms with E-state index in [1.165, 1.54) is 29.7 Å². The molecule has 1 atom stereocenters. The number of aromatic nitrogens is 1. The first-order valence-corrected chi connectivity index (χ1v) is 10.3. The lowest BCUT2D eigenvalue weighted by Crippen LogP contribution is -2.43. The molecule has 0 saturated carbocycles. The van der Waals surface area contributed by atoms with Gasteiger partial charge in [0, 0.05) is 24.0 Å². The summed E-state index contributed by atoms with van der Waals surface area (Å²) in [6, 6.07) is 0. The molecule has 144 valence electrons. The number of likely N-dealkylation sites (tertiary alicyclic amines) is 1. The Morgan fingerprint density at radius 3 is 2.46 bits per heavy atom. The average Bonchev–Trinajstić information content (AvgIpc) is 3.06. The van der Waals surface area contributed by atoms with Gasteiger partial charge in [0.25, 0.3) is 0 Å². The standard InChI is InChI=1S/C22H35N3O/c1-3-5-19-20(15-24-21(19)6-4-2)17-9-13-25(14-10-17)16-22(26)18-7-11-23-12-8-18/h3-6,15,17-18,22-24,26H,7-14,16H2,1-2H3/b5-3-,6-4-. The van der Waals surface area contributed by atoms with Gasteiger partial charge >= 0.3 is 0 Å². The van der Waals surface area contributed by atoms with Crippen molar-refractivity contribution in [3.05, 3.63) is 35.2 Å². The molecule has 1 aromatic rings. The Labute approximate surface area is 158 Å². The highest BCUT2D eigenvalue weighted by Crippen LogP contribution is 2.33. The molecule has 4 heteroatoms. The van der Waals surface area contributed by atoms with Gasteiger partial charge in [-0.05, 0) is 89.2 Å². The molecule has 0 aromatic carbocycles. The topological polar surface area (TPSA) is 51.3 Å². The van der Waals surface area contributed by atoms with Crippen LogP contribution in [-0.2, 0) is 0 Å². The van der Waals surface area contributed by atoms with Crippen molar-refractivity contribution in [3.8, 4) is 0 Å². The van der Waals surface area contributed by atoms with Crippen LogP contribution in [0.4, 0.5) is 0 Å². The molecule has 4 nitrogen and oxygen atoms in total. The van der Waals surface area contributed by atoms with Gasteiger partial charge in [0.2, 0.25) is 0 Å². The number of allylic oxidation sites excluding steroid dienone is 2. The van der Waals surface area contributed by atoms with Gasteiger partial charge in [-0.25, -0.2) is 0 Å². The minimum Gasteiger partial charge on any atom is -0.392 e. The number of aliphatic hydroxyl groups is 1. The Hall–Kier alpha value is -1.36. The highest BCUT2D eigenvalue weighted by Gasteiger charge is 2.27. The normalized spacial score (nSPS) is 22.6. The van der Waals surface area contributed by atoms with Gasteiger partial charge < -0.3 is 20.3 Å². The summed E-state index contributed by atoms with van der Waals surface area (Å²) in [5, 5.41) is 14.0. The maximum atomic E-state index is 10.6. The predicted octanol–water partition coefficient (Wildman–Crippen LogP) is 3.62. The molecule has 0 spiro atoms. The molecule has 1 aromatic heterocycles. The molecule has 1 unspecified atom stereocenters. The van der Waals surface area contributed by atoms with Crippen molar-refractivity contribution in [2.24, 2.45) is 5.92 Å².